The number of ether oxygens (including phenoxy) is 2. The van der Waals surface area contributed by atoms with Crippen LogP contribution in [0.4, 0.5) is 5.69 Å². The van der Waals surface area contributed by atoms with Crippen LogP contribution in [0.5, 0.6) is 0 Å². The Balaban J connectivity index is 1.92. The van der Waals surface area contributed by atoms with Crippen molar-refractivity contribution in [3.8, 4) is 0 Å². The Hall–Kier alpha value is -3.19. The molecule has 1 unspecified atom stereocenters. The number of aryl methyl sites for hydroxylation is 1. The Morgan fingerprint density at radius 3 is 2.22 bits per heavy atom. The molecule has 1 atom stereocenters. The summed E-state index contributed by atoms with van der Waals surface area (Å²) in [7, 11) is 2.83. The largest absolute Gasteiger partial charge is 0.465 e. The summed E-state index contributed by atoms with van der Waals surface area (Å²) >= 11 is 0. The van der Waals surface area contributed by atoms with Crippen molar-refractivity contribution < 1.29 is 23.9 Å². The molecule has 2 aromatic rings. The second-order valence-corrected chi connectivity index (χ2v) is 5.81. The van der Waals surface area contributed by atoms with Gasteiger partial charge >= 0.3 is 17.8 Å². The summed E-state index contributed by atoms with van der Waals surface area (Å²) in [6.45, 7) is 2.11. The molecular formula is C20H22N2O5. The highest BCUT2D eigenvalue weighted by Gasteiger charge is 2.18. The Morgan fingerprint density at radius 1 is 0.963 bits per heavy atom. The van der Waals surface area contributed by atoms with E-state index in [4.69, 9.17) is 4.74 Å². The highest BCUT2D eigenvalue weighted by atomic mass is 16.5. The van der Waals surface area contributed by atoms with Crippen LogP contribution in [0.3, 0.4) is 0 Å². The molecule has 7 heteroatoms. The van der Waals surface area contributed by atoms with Crippen LogP contribution in [0.1, 0.15) is 27.6 Å². The zero-order valence-electron chi connectivity index (χ0n) is 15.4. The van der Waals surface area contributed by atoms with Gasteiger partial charge in [0, 0.05) is 19.3 Å². The van der Waals surface area contributed by atoms with Crippen LogP contribution in [0.25, 0.3) is 0 Å². The molecule has 2 rings (SSSR count). The molecule has 27 heavy (non-hydrogen) atoms. The fraction of sp³-hybridized carbons (Fsp3) is 0.250. The van der Waals surface area contributed by atoms with E-state index >= 15 is 0 Å². The zero-order valence-corrected chi connectivity index (χ0v) is 15.4. The van der Waals surface area contributed by atoms with Gasteiger partial charge in [-0.05, 0) is 42.3 Å². The molecular weight excluding hydrogens is 348 g/mol. The van der Waals surface area contributed by atoms with Crippen LogP contribution in [-0.4, -0.2) is 38.5 Å². The second kappa shape index (κ2) is 9.49. The molecule has 0 aliphatic carbocycles. The van der Waals surface area contributed by atoms with Gasteiger partial charge in [0.2, 0.25) is 0 Å². The number of carbonyl (C=O) groups excluding carboxylic acids is 3. The summed E-state index contributed by atoms with van der Waals surface area (Å²) < 4.78 is 10.0. The monoisotopic (exact) mass is 370 g/mol. The summed E-state index contributed by atoms with van der Waals surface area (Å²) in [5.41, 5.74) is 2.72. The van der Waals surface area contributed by atoms with E-state index in [0.29, 0.717) is 11.3 Å². The predicted octanol–water partition coefficient (Wildman–Crippen LogP) is 2.22. The van der Waals surface area contributed by atoms with E-state index in [2.05, 4.69) is 15.4 Å². The fourth-order valence-corrected chi connectivity index (χ4v) is 2.53. The molecule has 2 amide bonds. The minimum Gasteiger partial charge on any atom is -0.465 e. The number of methoxy groups -OCH3 is 2. The molecule has 142 valence electrons. The number of esters is 1. The van der Waals surface area contributed by atoms with E-state index in [0.717, 1.165) is 11.1 Å². The van der Waals surface area contributed by atoms with Gasteiger partial charge in [-0.2, -0.15) is 0 Å². The van der Waals surface area contributed by atoms with Crippen molar-refractivity contribution in [2.45, 2.75) is 13.0 Å². The Kier molecular flexibility index (Phi) is 7.08. The molecule has 0 aliphatic rings. The van der Waals surface area contributed by atoms with E-state index in [1.807, 2.05) is 31.2 Å². The average molecular weight is 370 g/mol. The maximum absolute atomic E-state index is 12.1. The molecule has 7 nitrogen and oxygen atoms in total. The minimum absolute atomic E-state index is 0.162. The van der Waals surface area contributed by atoms with E-state index in [-0.39, 0.29) is 12.6 Å². The summed E-state index contributed by atoms with van der Waals surface area (Å²) in [4.78, 5) is 35.5. The lowest BCUT2D eigenvalue weighted by molar-refractivity contribution is -0.136. The maximum atomic E-state index is 12.1. The number of benzene rings is 2. The summed E-state index contributed by atoms with van der Waals surface area (Å²) in [6.07, 6.45) is -0.359. The molecule has 2 N–H and O–H groups in total. The highest BCUT2D eigenvalue weighted by Crippen LogP contribution is 2.19. The quantitative estimate of drug-likeness (QED) is 0.601. The molecule has 2 aromatic carbocycles. The molecule has 0 radical (unpaired) electrons. The summed E-state index contributed by atoms with van der Waals surface area (Å²) in [5, 5.41) is 5.04. The first-order valence-corrected chi connectivity index (χ1v) is 8.32. The van der Waals surface area contributed by atoms with Gasteiger partial charge in [0.1, 0.15) is 0 Å². The standard InChI is InChI=1S/C20H22N2O5/c1-13-6-4-5-7-16(13)17(26-2)12-21-18(23)19(24)22-15-10-8-14(9-11-15)20(25)27-3/h4-11,17H,12H2,1-3H3,(H,21,23)(H,22,24). The van der Waals surface area contributed by atoms with Crippen molar-refractivity contribution >= 4 is 23.5 Å². The molecule has 0 aliphatic heterocycles. The van der Waals surface area contributed by atoms with Gasteiger partial charge in [-0.15, -0.1) is 0 Å². The minimum atomic E-state index is -0.805. The van der Waals surface area contributed by atoms with E-state index in [9.17, 15) is 14.4 Å². The van der Waals surface area contributed by atoms with Crippen molar-refractivity contribution in [2.75, 3.05) is 26.1 Å². The van der Waals surface area contributed by atoms with Crippen molar-refractivity contribution in [1.29, 1.82) is 0 Å². The topological polar surface area (TPSA) is 93.7 Å². The number of nitrogens with one attached hydrogen (secondary N) is 2. The van der Waals surface area contributed by atoms with Crippen LogP contribution in [0, 0.1) is 6.92 Å². The number of carbonyl (C=O) groups is 3. The summed E-state index contributed by atoms with van der Waals surface area (Å²) in [5.74, 6) is -2.06. The van der Waals surface area contributed by atoms with Crippen LogP contribution in [0.15, 0.2) is 48.5 Å². The Bertz CT molecular complexity index is 817. The Morgan fingerprint density at radius 2 is 1.63 bits per heavy atom. The van der Waals surface area contributed by atoms with Gasteiger partial charge in [0.05, 0.1) is 18.8 Å². The normalized spacial score (nSPS) is 11.4. The lowest BCUT2D eigenvalue weighted by Gasteiger charge is -2.18. The Labute approximate surface area is 157 Å². The fourth-order valence-electron chi connectivity index (χ4n) is 2.53. The first-order valence-electron chi connectivity index (χ1n) is 8.32. The van der Waals surface area contributed by atoms with Crippen LogP contribution >= 0.6 is 0 Å². The number of hydrogen-bond donors (Lipinski definition) is 2. The molecule has 0 saturated carbocycles. The van der Waals surface area contributed by atoms with Crippen LogP contribution in [0.2, 0.25) is 0 Å². The van der Waals surface area contributed by atoms with Gasteiger partial charge in [-0.25, -0.2) is 4.79 Å². The van der Waals surface area contributed by atoms with Crippen molar-refractivity contribution in [2.24, 2.45) is 0 Å². The molecule has 0 saturated heterocycles. The molecule has 0 bridgehead atoms. The first-order chi connectivity index (χ1) is 13.0. The number of anilines is 1. The maximum Gasteiger partial charge on any atom is 0.337 e. The first kappa shape index (κ1) is 20.1. The number of hydrogen-bond acceptors (Lipinski definition) is 5. The third-order valence-corrected chi connectivity index (χ3v) is 4.04. The highest BCUT2D eigenvalue weighted by molar-refractivity contribution is 6.39. The molecule has 0 aromatic heterocycles. The van der Waals surface area contributed by atoms with Crippen molar-refractivity contribution in [3.63, 3.8) is 0 Å². The van der Waals surface area contributed by atoms with Crippen LogP contribution < -0.4 is 10.6 Å². The smallest absolute Gasteiger partial charge is 0.337 e. The second-order valence-electron chi connectivity index (χ2n) is 5.81. The lowest BCUT2D eigenvalue weighted by Crippen LogP contribution is -2.38. The van der Waals surface area contributed by atoms with Gasteiger partial charge in [0.25, 0.3) is 0 Å². The van der Waals surface area contributed by atoms with Crippen molar-refractivity contribution in [1.82, 2.24) is 5.32 Å². The molecule has 0 spiro atoms. The average Bonchev–Trinajstić information content (AvgIpc) is 2.69. The lowest BCUT2D eigenvalue weighted by atomic mass is 10.0. The van der Waals surface area contributed by atoms with Gasteiger partial charge < -0.3 is 20.1 Å². The van der Waals surface area contributed by atoms with E-state index in [1.54, 1.807) is 7.11 Å². The van der Waals surface area contributed by atoms with Crippen LogP contribution in [-0.2, 0) is 19.1 Å². The number of amides is 2. The summed E-state index contributed by atoms with van der Waals surface area (Å²) in [6, 6.07) is 13.7. The molecule has 0 heterocycles. The number of rotatable bonds is 6. The van der Waals surface area contributed by atoms with E-state index < -0.39 is 17.8 Å². The van der Waals surface area contributed by atoms with Gasteiger partial charge in [-0.3, -0.25) is 9.59 Å². The van der Waals surface area contributed by atoms with E-state index in [1.165, 1.54) is 31.4 Å². The van der Waals surface area contributed by atoms with Gasteiger partial charge in [0.15, 0.2) is 0 Å². The van der Waals surface area contributed by atoms with Gasteiger partial charge in [-0.1, -0.05) is 24.3 Å². The predicted molar refractivity (Wildman–Crippen MR) is 100 cm³/mol. The zero-order chi connectivity index (χ0) is 19.8. The molecule has 0 fully saturated rings. The third-order valence-electron chi connectivity index (χ3n) is 4.04. The third kappa shape index (κ3) is 5.39. The van der Waals surface area contributed by atoms with Crippen molar-refractivity contribution in [3.05, 3.63) is 65.2 Å². The SMILES string of the molecule is COC(=O)c1ccc(NC(=O)C(=O)NCC(OC)c2ccccc2C)cc1.